The lowest BCUT2D eigenvalue weighted by Gasteiger charge is -2.23. The van der Waals surface area contributed by atoms with E-state index >= 15 is 0 Å². The van der Waals surface area contributed by atoms with Gasteiger partial charge in [-0.05, 0) is 32.0 Å². The summed E-state index contributed by atoms with van der Waals surface area (Å²) in [6.45, 7) is 4.06. The van der Waals surface area contributed by atoms with Gasteiger partial charge >= 0.3 is 0 Å². The smallest absolute Gasteiger partial charge is 0.257 e. The quantitative estimate of drug-likeness (QED) is 0.434. The van der Waals surface area contributed by atoms with Gasteiger partial charge in [0.25, 0.3) is 11.9 Å². The number of ether oxygens (including phenoxy) is 1. The van der Waals surface area contributed by atoms with Crippen molar-refractivity contribution in [1.82, 2.24) is 29.6 Å². The Kier molecular flexibility index (Phi) is 5.92. The lowest BCUT2D eigenvalue weighted by Crippen LogP contribution is -2.30. The van der Waals surface area contributed by atoms with Crippen LogP contribution in [0.15, 0.2) is 46.7 Å². The van der Waals surface area contributed by atoms with Crippen molar-refractivity contribution in [2.75, 3.05) is 14.2 Å². The van der Waals surface area contributed by atoms with Crippen LogP contribution in [0.4, 0.5) is 0 Å². The molecule has 4 aromatic heterocycles. The highest BCUT2D eigenvalue weighted by Gasteiger charge is 2.26. The normalized spacial score (nSPS) is 12.1. The Hall–Kier alpha value is -3.37. The predicted molar refractivity (Wildman–Crippen MR) is 115 cm³/mol. The number of rotatable bonds is 7. The zero-order valence-corrected chi connectivity index (χ0v) is 18.5. The molecule has 0 spiro atoms. The molecule has 0 aromatic carbocycles. The Labute approximate surface area is 183 Å². The van der Waals surface area contributed by atoms with E-state index in [-0.39, 0.29) is 18.6 Å². The molecular weight excluding hydrogens is 416 g/mol. The Morgan fingerprint density at radius 2 is 2.19 bits per heavy atom. The van der Waals surface area contributed by atoms with Crippen LogP contribution in [0.1, 0.15) is 39.7 Å². The van der Waals surface area contributed by atoms with Crippen LogP contribution in [0.3, 0.4) is 0 Å². The predicted octanol–water partition coefficient (Wildman–Crippen LogP) is 3.67. The Morgan fingerprint density at radius 1 is 1.35 bits per heavy atom. The Balaban J connectivity index is 1.68. The topological polar surface area (TPSA) is 99.2 Å². The van der Waals surface area contributed by atoms with E-state index in [9.17, 15) is 4.79 Å². The van der Waals surface area contributed by atoms with Gasteiger partial charge in [0.15, 0.2) is 5.76 Å². The van der Waals surface area contributed by atoms with Crippen molar-refractivity contribution in [3.05, 3.63) is 64.2 Å². The molecule has 1 atom stereocenters. The van der Waals surface area contributed by atoms with Crippen LogP contribution in [0.25, 0.3) is 17.4 Å². The van der Waals surface area contributed by atoms with Crippen LogP contribution >= 0.6 is 11.3 Å². The first-order valence-electron chi connectivity index (χ1n) is 9.62. The lowest BCUT2D eigenvalue weighted by molar-refractivity contribution is 0.0737. The summed E-state index contributed by atoms with van der Waals surface area (Å²) < 4.78 is 12.3. The number of furan rings is 1. The van der Waals surface area contributed by atoms with Crippen molar-refractivity contribution in [3.8, 4) is 17.4 Å². The van der Waals surface area contributed by atoms with Crippen LogP contribution in [0, 0.1) is 6.92 Å². The largest absolute Gasteiger partial charge is 0.463 e. The summed E-state index contributed by atoms with van der Waals surface area (Å²) in [6.07, 6.45) is 4.73. The van der Waals surface area contributed by atoms with Gasteiger partial charge in [0.2, 0.25) is 0 Å². The molecule has 0 bridgehead atoms. The molecule has 10 heteroatoms. The van der Waals surface area contributed by atoms with Crippen molar-refractivity contribution in [2.24, 2.45) is 0 Å². The maximum atomic E-state index is 13.3. The van der Waals surface area contributed by atoms with Crippen LogP contribution in [-0.2, 0) is 11.3 Å². The van der Waals surface area contributed by atoms with E-state index in [4.69, 9.17) is 9.15 Å². The van der Waals surface area contributed by atoms with Crippen LogP contribution in [0.5, 0.6) is 0 Å². The van der Waals surface area contributed by atoms with Crippen molar-refractivity contribution in [3.63, 3.8) is 0 Å². The molecule has 0 unspecified atom stereocenters. The first kappa shape index (κ1) is 20.9. The summed E-state index contributed by atoms with van der Waals surface area (Å²) in [5, 5.41) is 7.24. The molecule has 0 aliphatic heterocycles. The molecule has 4 aromatic rings. The number of hydrogen-bond donors (Lipinski definition) is 0. The molecule has 1 amide bonds. The van der Waals surface area contributed by atoms with Gasteiger partial charge in [0.05, 0.1) is 36.4 Å². The molecule has 0 aliphatic carbocycles. The average molecular weight is 439 g/mol. The second-order valence-electron chi connectivity index (χ2n) is 6.99. The fourth-order valence-electron chi connectivity index (χ4n) is 3.11. The number of aryl methyl sites for hydroxylation is 1. The second kappa shape index (κ2) is 8.78. The third-order valence-corrected chi connectivity index (χ3v) is 6.01. The van der Waals surface area contributed by atoms with Crippen molar-refractivity contribution in [2.45, 2.75) is 26.5 Å². The van der Waals surface area contributed by atoms with E-state index in [0.29, 0.717) is 28.7 Å². The molecule has 0 saturated carbocycles. The Bertz CT molecular complexity index is 1180. The first-order chi connectivity index (χ1) is 15.0. The monoisotopic (exact) mass is 438 g/mol. The zero-order chi connectivity index (χ0) is 22.0. The number of carbonyl (C=O) groups is 1. The second-order valence-corrected chi connectivity index (χ2v) is 7.88. The molecule has 160 valence electrons. The average Bonchev–Trinajstić information content (AvgIpc) is 3.54. The highest BCUT2D eigenvalue weighted by Crippen LogP contribution is 2.26. The van der Waals surface area contributed by atoms with E-state index in [0.717, 1.165) is 10.7 Å². The number of carbonyl (C=O) groups excluding carboxylic acids is 1. The third-order valence-electron chi connectivity index (χ3n) is 4.88. The van der Waals surface area contributed by atoms with Crippen LogP contribution in [-0.4, -0.2) is 49.7 Å². The summed E-state index contributed by atoms with van der Waals surface area (Å²) in [7, 11) is 3.32. The molecule has 4 rings (SSSR count). The summed E-state index contributed by atoms with van der Waals surface area (Å²) >= 11 is 1.54. The minimum Gasteiger partial charge on any atom is -0.463 e. The number of amides is 1. The standard InChI is InChI=1S/C21H22N6O3S/c1-13-12-31-19(24-13)14(2)26(3)20(28)15-10-23-27(17(15)11-29-4)21-22-8-7-16(25-21)18-6-5-9-30-18/h5-10,12,14H,11H2,1-4H3/t14-/m0/s1. The van der Waals surface area contributed by atoms with Gasteiger partial charge in [-0.15, -0.1) is 11.3 Å². The molecule has 4 heterocycles. The van der Waals surface area contributed by atoms with Gasteiger partial charge in [-0.3, -0.25) is 4.79 Å². The fraction of sp³-hybridized carbons (Fsp3) is 0.286. The number of aromatic nitrogens is 5. The molecule has 0 fully saturated rings. The van der Waals surface area contributed by atoms with Gasteiger partial charge in [-0.2, -0.15) is 9.78 Å². The number of thiazole rings is 1. The zero-order valence-electron chi connectivity index (χ0n) is 17.6. The van der Waals surface area contributed by atoms with Gasteiger partial charge in [-0.1, -0.05) is 0 Å². The maximum Gasteiger partial charge on any atom is 0.257 e. The molecule has 31 heavy (non-hydrogen) atoms. The summed E-state index contributed by atoms with van der Waals surface area (Å²) in [5.74, 6) is 0.764. The van der Waals surface area contributed by atoms with E-state index < -0.39 is 0 Å². The molecule has 9 nitrogen and oxygen atoms in total. The Morgan fingerprint density at radius 3 is 2.87 bits per heavy atom. The minimum absolute atomic E-state index is 0.175. The summed E-state index contributed by atoms with van der Waals surface area (Å²) in [4.78, 5) is 28.3. The van der Waals surface area contributed by atoms with Crippen molar-refractivity contribution < 1.29 is 13.9 Å². The first-order valence-corrected chi connectivity index (χ1v) is 10.5. The van der Waals surface area contributed by atoms with Crippen molar-refractivity contribution in [1.29, 1.82) is 0 Å². The summed E-state index contributed by atoms with van der Waals surface area (Å²) in [5.41, 5.74) is 2.55. The molecule has 0 aliphatic rings. The third kappa shape index (κ3) is 4.12. The summed E-state index contributed by atoms with van der Waals surface area (Å²) in [6, 6.07) is 5.18. The van der Waals surface area contributed by atoms with Gasteiger partial charge in [0.1, 0.15) is 10.7 Å². The van der Waals surface area contributed by atoms with Crippen LogP contribution < -0.4 is 0 Å². The maximum absolute atomic E-state index is 13.3. The molecule has 0 N–H and O–H groups in total. The molecular formula is C21H22N6O3S. The van der Waals surface area contributed by atoms with E-state index in [2.05, 4.69) is 20.1 Å². The molecule has 0 radical (unpaired) electrons. The number of hydrogen-bond acceptors (Lipinski definition) is 8. The highest BCUT2D eigenvalue weighted by molar-refractivity contribution is 7.09. The number of nitrogens with zero attached hydrogens (tertiary/aromatic N) is 6. The fourth-order valence-corrected chi connectivity index (χ4v) is 4.00. The van der Waals surface area contributed by atoms with E-state index in [1.165, 1.54) is 22.2 Å². The number of methoxy groups -OCH3 is 1. The van der Waals surface area contributed by atoms with Gasteiger partial charge in [-0.25, -0.2) is 15.0 Å². The highest BCUT2D eigenvalue weighted by atomic mass is 32.1. The van der Waals surface area contributed by atoms with E-state index in [1.54, 1.807) is 43.7 Å². The lowest BCUT2D eigenvalue weighted by atomic mass is 10.2. The molecule has 0 saturated heterocycles. The minimum atomic E-state index is -0.180. The van der Waals surface area contributed by atoms with Gasteiger partial charge < -0.3 is 14.1 Å². The van der Waals surface area contributed by atoms with Crippen molar-refractivity contribution >= 4 is 17.2 Å². The van der Waals surface area contributed by atoms with E-state index in [1.807, 2.05) is 25.3 Å². The van der Waals surface area contributed by atoms with Crippen LogP contribution in [0.2, 0.25) is 0 Å². The van der Waals surface area contributed by atoms with Gasteiger partial charge in [0, 0.05) is 31.4 Å². The SMILES string of the molecule is COCc1c(C(=O)N(C)[C@@H](C)c2nc(C)cs2)cnn1-c1nccc(-c2ccco2)n1.